The molecular weight excluding hydrogens is 440 g/mol. The van der Waals surface area contributed by atoms with Crippen molar-refractivity contribution >= 4 is 0 Å². The Morgan fingerprint density at radius 3 is 1.53 bits per heavy atom. The molecule has 2 nitrogen and oxygen atoms in total. The number of hydrogen-bond donors (Lipinski definition) is 0. The van der Waals surface area contributed by atoms with Gasteiger partial charge in [-0.25, -0.2) is 0 Å². The molecule has 0 aromatic heterocycles. The predicted molar refractivity (Wildman–Crippen MR) is 154 cm³/mol. The van der Waals surface area contributed by atoms with Crippen LogP contribution in [0.5, 0.6) is 11.5 Å². The lowest BCUT2D eigenvalue weighted by Gasteiger charge is -2.12. The first-order valence-corrected chi connectivity index (χ1v) is 14.3. The van der Waals surface area contributed by atoms with Crippen LogP contribution in [-0.2, 0) is 0 Å². The highest BCUT2D eigenvalue weighted by Crippen LogP contribution is 2.33. The van der Waals surface area contributed by atoms with Crippen LogP contribution < -0.4 is 9.47 Å². The molecule has 0 N–H and O–H groups in total. The molecule has 1 radical (unpaired) electrons. The van der Waals surface area contributed by atoms with Crippen molar-refractivity contribution in [3.8, 4) is 33.8 Å². The quantitative estimate of drug-likeness (QED) is 0.167. The molecule has 3 rings (SSSR count). The molecule has 0 aliphatic heterocycles. The Bertz CT molecular complexity index is 879. The van der Waals surface area contributed by atoms with E-state index in [9.17, 15) is 0 Å². The van der Waals surface area contributed by atoms with E-state index in [0.717, 1.165) is 48.7 Å². The molecule has 36 heavy (non-hydrogen) atoms. The lowest BCUT2D eigenvalue weighted by Crippen LogP contribution is -1.97. The Hall–Kier alpha value is -2.74. The van der Waals surface area contributed by atoms with Crippen LogP contribution in [0.3, 0.4) is 0 Å². The molecule has 0 aliphatic rings. The van der Waals surface area contributed by atoms with Crippen LogP contribution in [0.25, 0.3) is 22.3 Å². The van der Waals surface area contributed by atoms with Gasteiger partial charge in [-0.15, -0.1) is 0 Å². The zero-order valence-electron chi connectivity index (χ0n) is 22.6. The summed E-state index contributed by atoms with van der Waals surface area (Å²) in [6.07, 6.45) is 15.4. The molecule has 2 heteroatoms. The van der Waals surface area contributed by atoms with Crippen molar-refractivity contribution in [1.29, 1.82) is 0 Å². The second kappa shape index (κ2) is 16.8. The van der Waals surface area contributed by atoms with E-state index in [-0.39, 0.29) is 0 Å². The van der Waals surface area contributed by atoms with Crippen molar-refractivity contribution in [3.63, 3.8) is 0 Å². The number of unbranched alkanes of at least 4 members (excludes halogenated alkanes) is 10. The van der Waals surface area contributed by atoms with Crippen LogP contribution in [0, 0.1) is 6.07 Å². The monoisotopic (exact) mass is 485 g/mol. The summed E-state index contributed by atoms with van der Waals surface area (Å²) in [7, 11) is 0. The Kier molecular flexibility index (Phi) is 13.0. The van der Waals surface area contributed by atoms with Gasteiger partial charge < -0.3 is 9.47 Å². The third-order valence-corrected chi connectivity index (χ3v) is 6.70. The first-order valence-electron chi connectivity index (χ1n) is 14.3. The summed E-state index contributed by atoms with van der Waals surface area (Å²) in [5.74, 6) is 1.89. The van der Waals surface area contributed by atoms with Gasteiger partial charge in [0.15, 0.2) is 0 Å². The molecule has 3 aromatic carbocycles. The van der Waals surface area contributed by atoms with E-state index >= 15 is 0 Å². The van der Waals surface area contributed by atoms with Gasteiger partial charge in [0.05, 0.1) is 13.2 Å². The minimum absolute atomic E-state index is 0.793. The van der Waals surface area contributed by atoms with E-state index in [4.69, 9.17) is 9.47 Å². The van der Waals surface area contributed by atoms with Crippen molar-refractivity contribution in [2.45, 2.75) is 90.9 Å². The third-order valence-electron chi connectivity index (χ3n) is 6.70. The number of rotatable bonds is 18. The van der Waals surface area contributed by atoms with Gasteiger partial charge in [-0.05, 0) is 65.4 Å². The first kappa shape index (κ1) is 27.8. The van der Waals surface area contributed by atoms with Crippen LogP contribution in [0.4, 0.5) is 0 Å². The fourth-order valence-corrected chi connectivity index (χ4v) is 4.51. The highest BCUT2D eigenvalue weighted by Gasteiger charge is 2.08. The summed E-state index contributed by atoms with van der Waals surface area (Å²) in [6.45, 7) is 6.10. The van der Waals surface area contributed by atoms with E-state index in [0.29, 0.717) is 0 Å². The lowest BCUT2D eigenvalue weighted by molar-refractivity contribution is 0.304. The van der Waals surface area contributed by atoms with Crippen LogP contribution in [0.15, 0.2) is 66.7 Å². The molecule has 0 heterocycles. The molecule has 0 amide bonds. The van der Waals surface area contributed by atoms with Crippen LogP contribution in [0.1, 0.15) is 90.9 Å². The third kappa shape index (κ3) is 9.72. The summed E-state index contributed by atoms with van der Waals surface area (Å²) in [4.78, 5) is 0. The second-order valence-corrected chi connectivity index (χ2v) is 9.74. The van der Waals surface area contributed by atoms with Gasteiger partial charge in [0.2, 0.25) is 0 Å². The normalized spacial score (nSPS) is 10.9. The van der Waals surface area contributed by atoms with Crippen LogP contribution >= 0.6 is 0 Å². The molecule has 0 spiro atoms. The van der Waals surface area contributed by atoms with E-state index in [2.05, 4.69) is 80.6 Å². The van der Waals surface area contributed by atoms with Gasteiger partial charge in [-0.1, -0.05) is 121 Å². The van der Waals surface area contributed by atoms with Gasteiger partial charge in [-0.2, -0.15) is 0 Å². The van der Waals surface area contributed by atoms with E-state index in [1.165, 1.54) is 75.3 Å². The summed E-state index contributed by atoms with van der Waals surface area (Å²) in [5, 5.41) is 0. The molecule has 0 saturated carbocycles. The van der Waals surface area contributed by atoms with E-state index in [1.807, 2.05) is 6.07 Å². The second-order valence-electron chi connectivity index (χ2n) is 9.74. The van der Waals surface area contributed by atoms with Crippen molar-refractivity contribution in [3.05, 3.63) is 72.8 Å². The summed E-state index contributed by atoms with van der Waals surface area (Å²) >= 11 is 0. The Balaban J connectivity index is 1.51. The number of ether oxygens (including phenoxy) is 2. The molecule has 193 valence electrons. The van der Waals surface area contributed by atoms with Gasteiger partial charge in [0.1, 0.15) is 11.5 Å². The van der Waals surface area contributed by atoms with Crippen LogP contribution in [0.2, 0.25) is 0 Å². The maximum absolute atomic E-state index is 5.97. The number of benzene rings is 3. The fraction of sp³-hybridized carbons (Fsp3) is 0.471. The molecule has 0 saturated heterocycles. The van der Waals surface area contributed by atoms with Gasteiger partial charge in [-0.3, -0.25) is 0 Å². The molecule has 0 fully saturated rings. The largest absolute Gasteiger partial charge is 0.494 e. The standard InChI is InChI=1S/C34H45O2/c1-3-5-7-9-11-15-27-35-31-23-19-29(20-24-31)33-17-13-14-18-34(33)30-21-25-32(26-22-30)36-28-16-12-10-8-6-4-2/h13-14,17,19-26H,3-12,15-16,27-28H2,1-2H3. The zero-order chi connectivity index (χ0) is 25.3. The number of hydrogen-bond acceptors (Lipinski definition) is 2. The molecule has 3 aromatic rings. The fourth-order valence-electron chi connectivity index (χ4n) is 4.51. The highest BCUT2D eigenvalue weighted by molar-refractivity contribution is 5.83. The van der Waals surface area contributed by atoms with Crippen LogP contribution in [-0.4, -0.2) is 13.2 Å². The van der Waals surface area contributed by atoms with Crippen molar-refractivity contribution in [1.82, 2.24) is 0 Å². The van der Waals surface area contributed by atoms with Crippen molar-refractivity contribution in [2.75, 3.05) is 13.2 Å². The Labute approximate surface area is 220 Å². The van der Waals surface area contributed by atoms with Crippen molar-refractivity contribution in [2.24, 2.45) is 0 Å². The van der Waals surface area contributed by atoms with E-state index in [1.54, 1.807) is 0 Å². The zero-order valence-corrected chi connectivity index (χ0v) is 22.6. The smallest absolute Gasteiger partial charge is 0.119 e. The summed E-state index contributed by atoms with van der Waals surface area (Å²) in [5.41, 5.74) is 4.62. The molecule has 0 aliphatic carbocycles. The minimum atomic E-state index is 0.793. The summed E-state index contributed by atoms with van der Waals surface area (Å²) < 4.78 is 11.9. The average Bonchev–Trinajstić information content (AvgIpc) is 2.93. The average molecular weight is 486 g/mol. The van der Waals surface area contributed by atoms with E-state index < -0.39 is 0 Å². The highest BCUT2D eigenvalue weighted by atomic mass is 16.5. The Morgan fingerprint density at radius 2 is 1.00 bits per heavy atom. The molecule has 0 atom stereocenters. The topological polar surface area (TPSA) is 18.5 Å². The minimum Gasteiger partial charge on any atom is -0.494 e. The Morgan fingerprint density at radius 1 is 0.528 bits per heavy atom. The maximum Gasteiger partial charge on any atom is 0.119 e. The van der Waals surface area contributed by atoms with Crippen molar-refractivity contribution < 1.29 is 9.47 Å². The van der Waals surface area contributed by atoms with Gasteiger partial charge >= 0.3 is 0 Å². The SMILES string of the molecule is CCCCCCCCOc1ccc(-c2[c]cccc2-c2ccc(OCCCCCCCC)cc2)cc1. The summed E-state index contributed by atoms with van der Waals surface area (Å²) in [6, 6.07) is 26.6. The first-order chi connectivity index (χ1) is 17.8. The lowest BCUT2D eigenvalue weighted by atomic mass is 9.94. The molecule has 0 bridgehead atoms. The maximum atomic E-state index is 5.97. The molecular formula is C34H45O2. The molecule has 0 unspecified atom stereocenters. The van der Waals surface area contributed by atoms with Gasteiger partial charge in [0, 0.05) is 0 Å². The van der Waals surface area contributed by atoms with Gasteiger partial charge in [0.25, 0.3) is 0 Å². The predicted octanol–water partition coefficient (Wildman–Crippen LogP) is 10.3.